The normalized spacial score (nSPS) is 10.3. The van der Waals surface area contributed by atoms with Crippen LogP contribution in [0.1, 0.15) is 5.69 Å². The quantitative estimate of drug-likeness (QED) is 0.801. The van der Waals surface area contributed by atoms with Crippen molar-refractivity contribution in [2.24, 2.45) is 7.05 Å². The molecule has 0 spiro atoms. The van der Waals surface area contributed by atoms with E-state index in [2.05, 4.69) is 25.9 Å². The number of hydrogen-bond acceptors (Lipinski definition) is 3. The van der Waals surface area contributed by atoms with Gasteiger partial charge in [0, 0.05) is 19.3 Å². The summed E-state index contributed by atoms with van der Waals surface area (Å²) in [6.07, 6.45) is 3.66. The third-order valence-electron chi connectivity index (χ3n) is 1.82. The second-order valence-corrected chi connectivity index (χ2v) is 3.93. The number of hydrogen-bond donors (Lipinski definition) is 0. The molecule has 0 aromatic carbocycles. The third-order valence-corrected chi connectivity index (χ3v) is 2.26. The summed E-state index contributed by atoms with van der Waals surface area (Å²) in [6, 6.07) is 5.55. The fraction of sp³-hybridized carbons (Fsp3) is 0.200. The van der Waals surface area contributed by atoms with Gasteiger partial charge in [0.2, 0.25) is 5.88 Å². The van der Waals surface area contributed by atoms with Crippen molar-refractivity contribution in [1.82, 2.24) is 14.5 Å². The SMILES string of the molecule is Cn1cnc(COc2cccc(Br)n2)c1. The van der Waals surface area contributed by atoms with Gasteiger partial charge in [0.15, 0.2) is 0 Å². The van der Waals surface area contributed by atoms with Gasteiger partial charge in [0.05, 0.1) is 12.0 Å². The van der Waals surface area contributed by atoms with E-state index in [0.717, 1.165) is 10.3 Å². The molecule has 0 aliphatic heterocycles. The predicted octanol–water partition coefficient (Wildman–Crippen LogP) is 2.16. The number of halogens is 1. The summed E-state index contributed by atoms with van der Waals surface area (Å²) in [5, 5.41) is 0. The van der Waals surface area contributed by atoms with E-state index in [9.17, 15) is 0 Å². The van der Waals surface area contributed by atoms with Gasteiger partial charge < -0.3 is 9.30 Å². The first-order chi connectivity index (χ1) is 7.24. The van der Waals surface area contributed by atoms with Crippen molar-refractivity contribution < 1.29 is 4.74 Å². The minimum Gasteiger partial charge on any atom is -0.471 e. The molecule has 2 rings (SSSR count). The highest BCUT2D eigenvalue weighted by molar-refractivity contribution is 9.10. The molecule has 0 radical (unpaired) electrons. The van der Waals surface area contributed by atoms with Crippen LogP contribution in [0.2, 0.25) is 0 Å². The van der Waals surface area contributed by atoms with E-state index in [4.69, 9.17) is 4.74 Å². The van der Waals surface area contributed by atoms with Crippen LogP contribution in [0.4, 0.5) is 0 Å². The second-order valence-electron chi connectivity index (χ2n) is 3.12. The monoisotopic (exact) mass is 267 g/mol. The van der Waals surface area contributed by atoms with Crippen LogP contribution in [-0.2, 0) is 13.7 Å². The average molecular weight is 268 g/mol. The molecule has 0 saturated carbocycles. The number of ether oxygens (including phenoxy) is 1. The molecule has 0 aliphatic carbocycles. The first kappa shape index (κ1) is 10.2. The third kappa shape index (κ3) is 2.79. The van der Waals surface area contributed by atoms with Gasteiger partial charge in [-0.2, -0.15) is 0 Å². The van der Waals surface area contributed by atoms with E-state index in [-0.39, 0.29) is 0 Å². The van der Waals surface area contributed by atoms with Crippen molar-refractivity contribution in [1.29, 1.82) is 0 Å². The minimum absolute atomic E-state index is 0.435. The van der Waals surface area contributed by atoms with Crippen molar-refractivity contribution in [3.8, 4) is 5.88 Å². The molecular weight excluding hydrogens is 258 g/mol. The summed E-state index contributed by atoms with van der Waals surface area (Å²) in [4.78, 5) is 8.31. The highest BCUT2D eigenvalue weighted by Crippen LogP contribution is 2.13. The highest BCUT2D eigenvalue weighted by atomic mass is 79.9. The Kier molecular flexibility index (Phi) is 3.01. The maximum Gasteiger partial charge on any atom is 0.214 e. The topological polar surface area (TPSA) is 39.9 Å². The van der Waals surface area contributed by atoms with Gasteiger partial charge >= 0.3 is 0 Å². The van der Waals surface area contributed by atoms with Crippen molar-refractivity contribution >= 4 is 15.9 Å². The fourth-order valence-electron chi connectivity index (χ4n) is 1.16. The Morgan fingerprint density at radius 1 is 1.47 bits per heavy atom. The molecule has 2 heterocycles. The number of nitrogens with zero attached hydrogens (tertiary/aromatic N) is 3. The van der Waals surface area contributed by atoms with Crippen LogP contribution in [0.5, 0.6) is 5.88 Å². The van der Waals surface area contributed by atoms with Gasteiger partial charge in [0.1, 0.15) is 11.2 Å². The summed E-state index contributed by atoms with van der Waals surface area (Å²) in [6.45, 7) is 0.435. The van der Waals surface area contributed by atoms with E-state index >= 15 is 0 Å². The van der Waals surface area contributed by atoms with E-state index < -0.39 is 0 Å². The minimum atomic E-state index is 0.435. The lowest BCUT2D eigenvalue weighted by molar-refractivity contribution is 0.289. The predicted molar refractivity (Wildman–Crippen MR) is 59.5 cm³/mol. The van der Waals surface area contributed by atoms with Gasteiger partial charge in [-0.3, -0.25) is 0 Å². The van der Waals surface area contributed by atoms with Crippen LogP contribution in [0, 0.1) is 0 Å². The lowest BCUT2D eigenvalue weighted by Gasteiger charge is -2.02. The maximum absolute atomic E-state index is 5.47. The Labute approximate surface area is 96.1 Å². The molecule has 0 unspecified atom stereocenters. The molecule has 2 aromatic rings. The zero-order chi connectivity index (χ0) is 10.7. The van der Waals surface area contributed by atoms with Crippen molar-refractivity contribution in [2.45, 2.75) is 6.61 Å². The number of imidazole rings is 1. The van der Waals surface area contributed by atoms with Gasteiger partial charge in [0.25, 0.3) is 0 Å². The van der Waals surface area contributed by atoms with Crippen LogP contribution < -0.4 is 4.74 Å². The number of aryl methyl sites for hydroxylation is 1. The summed E-state index contributed by atoms with van der Waals surface area (Å²) in [5.41, 5.74) is 0.888. The Balaban J connectivity index is 1.99. The second kappa shape index (κ2) is 4.44. The molecule has 0 fully saturated rings. The van der Waals surface area contributed by atoms with Crippen LogP contribution in [0.25, 0.3) is 0 Å². The van der Waals surface area contributed by atoms with Gasteiger partial charge in [-0.1, -0.05) is 6.07 Å². The Morgan fingerprint density at radius 3 is 3.00 bits per heavy atom. The fourth-order valence-corrected chi connectivity index (χ4v) is 1.49. The molecule has 15 heavy (non-hydrogen) atoms. The van der Waals surface area contributed by atoms with Gasteiger partial charge in [-0.25, -0.2) is 9.97 Å². The lowest BCUT2D eigenvalue weighted by Crippen LogP contribution is -1.97. The largest absolute Gasteiger partial charge is 0.471 e. The van der Waals surface area contributed by atoms with E-state index in [1.807, 2.05) is 36.0 Å². The van der Waals surface area contributed by atoms with E-state index in [0.29, 0.717) is 12.5 Å². The molecule has 0 atom stereocenters. The lowest BCUT2D eigenvalue weighted by atomic mass is 10.5. The number of pyridine rings is 1. The van der Waals surface area contributed by atoms with Crippen LogP contribution in [-0.4, -0.2) is 14.5 Å². The van der Waals surface area contributed by atoms with Crippen LogP contribution in [0.3, 0.4) is 0 Å². The maximum atomic E-state index is 5.47. The smallest absolute Gasteiger partial charge is 0.214 e. The molecule has 0 bridgehead atoms. The zero-order valence-corrected chi connectivity index (χ0v) is 9.81. The standard InChI is InChI=1S/C10H10BrN3O/c1-14-5-8(12-7-14)6-15-10-4-2-3-9(11)13-10/h2-5,7H,6H2,1H3. The summed E-state index contributed by atoms with van der Waals surface area (Å²) in [5.74, 6) is 0.593. The Hall–Kier alpha value is -1.36. The van der Waals surface area contributed by atoms with Gasteiger partial charge in [-0.15, -0.1) is 0 Å². The summed E-state index contributed by atoms with van der Waals surface area (Å²) < 4.78 is 8.12. The van der Waals surface area contributed by atoms with Crippen molar-refractivity contribution in [3.05, 3.63) is 41.0 Å². The molecule has 0 N–H and O–H groups in total. The summed E-state index contributed by atoms with van der Waals surface area (Å²) in [7, 11) is 1.92. The molecule has 0 saturated heterocycles. The zero-order valence-electron chi connectivity index (χ0n) is 8.22. The van der Waals surface area contributed by atoms with Crippen LogP contribution in [0.15, 0.2) is 35.3 Å². The molecule has 0 amide bonds. The molecule has 5 heteroatoms. The van der Waals surface area contributed by atoms with Crippen molar-refractivity contribution in [2.75, 3.05) is 0 Å². The average Bonchev–Trinajstić information content (AvgIpc) is 2.62. The van der Waals surface area contributed by atoms with Gasteiger partial charge in [-0.05, 0) is 22.0 Å². The molecular formula is C10H10BrN3O. The van der Waals surface area contributed by atoms with Crippen LogP contribution >= 0.6 is 15.9 Å². The molecule has 2 aromatic heterocycles. The molecule has 78 valence electrons. The molecule has 0 aliphatic rings. The first-order valence-corrected chi connectivity index (χ1v) is 5.25. The van der Waals surface area contributed by atoms with E-state index in [1.54, 1.807) is 6.33 Å². The molecule has 4 nitrogen and oxygen atoms in total. The Bertz CT molecular complexity index is 455. The Morgan fingerprint density at radius 2 is 2.33 bits per heavy atom. The summed E-state index contributed by atoms with van der Waals surface area (Å²) >= 11 is 3.28. The highest BCUT2D eigenvalue weighted by Gasteiger charge is 1.99. The van der Waals surface area contributed by atoms with E-state index in [1.165, 1.54) is 0 Å². The first-order valence-electron chi connectivity index (χ1n) is 4.46. The van der Waals surface area contributed by atoms with Crippen molar-refractivity contribution in [3.63, 3.8) is 0 Å². The number of aromatic nitrogens is 3. The number of rotatable bonds is 3.